The molecule has 2 saturated heterocycles. The minimum atomic E-state index is 0. The fourth-order valence-corrected chi connectivity index (χ4v) is 3.71. The van der Waals surface area contributed by atoms with Gasteiger partial charge in [0, 0.05) is 24.5 Å². The molecule has 2 heterocycles. The number of anilines is 1. The largest absolute Gasteiger partial charge is 1.00 e. The van der Waals surface area contributed by atoms with Crippen LogP contribution in [-0.4, -0.2) is 31.7 Å². The second kappa shape index (κ2) is 9.59. The number of hydrogen-bond donors (Lipinski definition) is 0. The number of thioether (sulfide) groups is 1. The van der Waals surface area contributed by atoms with Gasteiger partial charge in [-0.3, -0.25) is 0 Å². The van der Waals surface area contributed by atoms with Crippen LogP contribution in [0.15, 0.2) is 24.3 Å². The van der Waals surface area contributed by atoms with Crippen molar-refractivity contribution in [2.24, 2.45) is 5.92 Å². The first kappa shape index (κ1) is 18.7. The predicted molar refractivity (Wildman–Crippen MR) is 83.7 cm³/mol. The van der Waals surface area contributed by atoms with E-state index in [4.69, 9.17) is 9.47 Å². The van der Waals surface area contributed by atoms with Crippen molar-refractivity contribution in [1.29, 1.82) is 0 Å². The average molecular weight is 425 g/mol. The molecule has 2 atom stereocenters. The molecule has 2 aliphatic heterocycles. The Kier molecular flexibility index (Phi) is 8.53. The molecule has 0 N–H and O–H groups in total. The molecule has 110 valence electrons. The van der Waals surface area contributed by atoms with E-state index in [-0.39, 0.29) is 68.9 Å². The van der Waals surface area contributed by atoms with E-state index in [0.717, 1.165) is 38.5 Å². The summed E-state index contributed by atoms with van der Waals surface area (Å²) in [6.45, 7) is 7.85. The maximum absolute atomic E-state index is 5.62. The Bertz CT molecular complexity index is 423. The average Bonchev–Trinajstić information content (AvgIpc) is 2.92. The predicted octanol–water partition coefficient (Wildman–Crippen LogP) is 0.305. The van der Waals surface area contributed by atoms with E-state index >= 15 is 0 Å². The van der Waals surface area contributed by atoms with E-state index in [1.807, 2.05) is 18.4 Å². The monoisotopic (exact) mass is 425 g/mol. The third kappa shape index (κ3) is 5.73. The van der Waals surface area contributed by atoms with Crippen molar-refractivity contribution in [3.05, 3.63) is 36.4 Å². The molecular formula is C16H22CsNO2S. The number of nitrogens with zero attached hydrogens (tertiary/aromatic N) is 1. The van der Waals surface area contributed by atoms with Crippen LogP contribution in [0.5, 0.6) is 0 Å². The van der Waals surface area contributed by atoms with Gasteiger partial charge in [0.15, 0.2) is 0 Å². The van der Waals surface area contributed by atoms with Gasteiger partial charge >= 0.3 is 68.9 Å². The molecule has 0 aliphatic carbocycles. The van der Waals surface area contributed by atoms with Crippen LogP contribution < -0.4 is 73.8 Å². The van der Waals surface area contributed by atoms with Gasteiger partial charge in [0.25, 0.3) is 0 Å². The molecule has 0 radical (unpaired) electrons. The topological polar surface area (TPSA) is 21.7 Å². The van der Waals surface area contributed by atoms with Crippen molar-refractivity contribution < 1.29 is 78.4 Å². The van der Waals surface area contributed by atoms with Crippen LogP contribution in [0.3, 0.4) is 0 Å². The van der Waals surface area contributed by atoms with Gasteiger partial charge in [-0.1, -0.05) is 19.1 Å². The zero-order chi connectivity index (χ0) is 13.8. The Morgan fingerprint density at radius 1 is 1.24 bits per heavy atom. The smallest absolute Gasteiger partial charge is 0.542 e. The Morgan fingerprint density at radius 3 is 2.57 bits per heavy atom. The van der Waals surface area contributed by atoms with Crippen LogP contribution >= 0.6 is 11.8 Å². The number of morpholine rings is 1. The summed E-state index contributed by atoms with van der Waals surface area (Å²) in [5, 5.41) is 0. The third-order valence-electron chi connectivity index (χ3n) is 3.78. The first-order chi connectivity index (χ1) is 9.81. The second-order valence-corrected chi connectivity index (χ2v) is 6.64. The summed E-state index contributed by atoms with van der Waals surface area (Å²) in [5.74, 6) is 1.62. The van der Waals surface area contributed by atoms with E-state index in [0.29, 0.717) is 11.4 Å². The fourth-order valence-electron chi connectivity index (χ4n) is 2.56. The normalized spacial score (nSPS) is 25.7. The third-order valence-corrected chi connectivity index (χ3v) is 4.95. The van der Waals surface area contributed by atoms with Gasteiger partial charge in [-0.05, 0) is 24.1 Å². The molecule has 3 rings (SSSR count). The SMILES string of the molecule is C[C@H]1[CH-]OC(SCc2ccc(N3CCOCC3)cc2)C1.[Cs+]. The molecule has 0 bridgehead atoms. The molecule has 5 heteroatoms. The van der Waals surface area contributed by atoms with E-state index in [1.165, 1.54) is 11.3 Å². The Labute approximate surface area is 190 Å². The van der Waals surface area contributed by atoms with Gasteiger partial charge in [-0.2, -0.15) is 0 Å². The molecule has 0 saturated carbocycles. The van der Waals surface area contributed by atoms with E-state index in [2.05, 4.69) is 36.1 Å². The number of rotatable bonds is 4. The van der Waals surface area contributed by atoms with Gasteiger partial charge < -0.3 is 14.4 Å². The van der Waals surface area contributed by atoms with Gasteiger partial charge in [-0.15, -0.1) is 17.7 Å². The molecule has 2 fully saturated rings. The summed E-state index contributed by atoms with van der Waals surface area (Å²) in [4.78, 5) is 2.39. The Hall–Kier alpha value is 1.34. The zero-order valence-corrected chi connectivity index (χ0v) is 20.1. The number of ether oxygens (including phenoxy) is 2. The molecule has 21 heavy (non-hydrogen) atoms. The first-order valence-electron chi connectivity index (χ1n) is 7.33. The molecule has 0 aromatic heterocycles. The summed E-state index contributed by atoms with van der Waals surface area (Å²) >= 11 is 1.90. The Morgan fingerprint density at radius 2 is 1.95 bits per heavy atom. The van der Waals surface area contributed by atoms with E-state index in [9.17, 15) is 0 Å². The fraction of sp³-hybridized carbons (Fsp3) is 0.562. The maximum Gasteiger partial charge on any atom is 1.00 e. The number of benzene rings is 1. The Balaban J connectivity index is 0.00000161. The van der Waals surface area contributed by atoms with Crippen molar-refractivity contribution in [2.45, 2.75) is 24.5 Å². The molecular weight excluding hydrogens is 403 g/mol. The van der Waals surface area contributed by atoms with Gasteiger partial charge in [0.1, 0.15) is 0 Å². The van der Waals surface area contributed by atoms with Crippen LogP contribution in [0.2, 0.25) is 0 Å². The summed E-state index contributed by atoms with van der Waals surface area (Å²) in [7, 11) is 0. The quantitative estimate of drug-likeness (QED) is 0.648. The minimum Gasteiger partial charge on any atom is -0.542 e. The summed E-state index contributed by atoms with van der Waals surface area (Å²) in [6, 6.07) is 8.93. The van der Waals surface area contributed by atoms with Crippen molar-refractivity contribution >= 4 is 17.4 Å². The molecule has 1 unspecified atom stereocenters. The van der Waals surface area contributed by atoms with E-state index < -0.39 is 0 Å². The van der Waals surface area contributed by atoms with Crippen LogP contribution in [0.25, 0.3) is 0 Å². The molecule has 1 aromatic rings. The summed E-state index contributed by atoms with van der Waals surface area (Å²) < 4.78 is 11.0. The van der Waals surface area contributed by atoms with Crippen LogP contribution in [0.1, 0.15) is 18.9 Å². The van der Waals surface area contributed by atoms with Crippen LogP contribution in [-0.2, 0) is 15.2 Å². The van der Waals surface area contributed by atoms with Gasteiger partial charge in [0.05, 0.1) is 18.6 Å². The van der Waals surface area contributed by atoms with Crippen LogP contribution in [0.4, 0.5) is 5.69 Å². The van der Waals surface area contributed by atoms with Gasteiger partial charge in [-0.25, -0.2) is 6.61 Å². The summed E-state index contributed by atoms with van der Waals surface area (Å²) in [5.41, 5.74) is 3.01. The molecule has 3 nitrogen and oxygen atoms in total. The van der Waals surface area contributed by atoms with Crippen molar-refractivity contribution in [3.63, 3.8) is 0 Å². The maximum atomic E-state index is 5.62. The van der Waals surface area contributed by atoms with Crippen molar-refractivity contribution in [1.82, 2.24) is 0 Å². The van der Waals surface area contributed by atoms with E-state index in [1.54, 1.807) is 0 Å². The summed E-state index contributed by atoms with van der Waals surface area (Å²) in [6.07, 6.45) is 1.14. The molecule has 0 amide bonds. The second-order valence-electron chi connectivity index (χ2n) is 5.49. The molecule has 2 aliphatic rings. The first-order valence-corrected chi connectivity index (χ1v) is 8.38. The van der Waals surface area contributed by atoms with Crippen molar-refractivity contribution in [3.8, 4) is 0 Å². The van der Waals surface area contributed by atoms with Crippen LogP contribution in [0, 0.1) is 12.5 Å². The molecule has 0 spiro atoms. The zero-order valence-electron chi connectivity index (χ0n) is 13.0. The number of hydrogen-bond acceptors (Lipinski definition) is 4. The van der Waals surface area contributed by atoms with Gasteiger partial charge in [0.2, 0.25) is 0 Å². The standard InChI is InChI=1S/C16H22NO2S.Cs/c1-13-10-16(19-11-13)20-12-14-2-4-15(5-3-14)17-6-8-18-9-7-17;/h2-5,11,13,16H,6-10,12H2,1H3;/q-1;+1/t13-,16?;/m1./s1. The molecule has 1 aromatic carbocycles. The van der Waals surface area contributed by atoms with Crippen molar-refractivity contribution in [2.75, 3.05) is 31.2 Å². The minimum absolute atomic E-state index is 0.